The van der Waals surface area contributed by atoms with Crippen molar-refractivity contribution in [3.63, 3.8) is 0 Å². The average Bonchev–Trinajstić information content (AvgIpc) is 2.68. The molecule has 1 aliphatic heterocycles. The van der Waals surface area contributed by atoms with Crippen LogP contribution in [0, 0.1) is 0 Å². The summed E-state index contributed by atoms with van der Waals surface area (Å²) in [7, 11) is 0. The number of carboxylic acids is 1. The molecule has 1 unspecified atom stereocenters. The lowest BCUT2D eigenvalue weighted by Crippen LogP contribution is -2.40. The number of hydrogen-bond donors (Lipinski definition) is 2. The second-order valence-corrected chi connectivity index (χ2v) is 3.62. The molecule has 8 heteroatoms. The van der Waals surface area contributed by atoms with Crippen molar-refractivity contribution in [3.05, 3.63) is 0 Å². The third-order valence-corrected chi connectivity index (χ3v) is 2.34. The average molecular weight is 256 g/mol. The summed E-state index contributed by atoms with van der Waals surface area (Å²) in [6, 6.07) is -0.0671. The van der Waals surface area contributed by atoms with E-state index in [9.17, 15) is 18.0 Å². The highest BCUT2D eigenvalue weighted by molar-refractivity contribution is 5.79. The van der Waals surface area contributed by atoms with E-state index in [0.29, 0.717) is 0 Å². The van der Waals surface area contributed by atoms with E-state index in [1.807, 2.05) is 6.92 Å². The second-order valence-electron chi connectivity index (χ2n) is 3.62. The monoisotopic (exact) mass is 256 g/mol. The SMILES string of the molecule is CC(C(N)=O)N1CCCC1.O=C(O)C(F)(F)F. The quantitative estimate of drug-likeness (QED) is 0.757. The number of amides is 1. The molecule has 17 heavy (non-hydrogen) atoms. The van der Waals surface area contributed by atoms with Gasteiger partial charge in [0.25, 0.3) is 0 Å². The normalized spacial score (nSPS) is 18.1. The zero-order chi connectivity index (χ0) is 13.6. The lowest BCUT2D eigenvalue weighted by Gasteiger charge is -2.19. The Labute approximate surface area is 96.4 Å². The van der Waals surface area contributed by atoms with Gasteiger partial charge < -0.3 is 10.8 Å². The summed E-state index contributed by atoms with van der Waals surface area (Å²) in [5.41, 5.74) is 5.14. The maximum Gasteiger partial charge on any atom is 0.490 e. The van der Waals surface area contributed by atoms with Gasteiger partial charge in [-0.25, -0.2) is 4.79 Å². The lowest BCUT2D eigenvalue weighted by atomic mass is 10.3. The molecule has 0 aromatic heterocycles. The summed E-state index contributed by atoms with van der Waals surface area (Å²) in [4.78, 5) is 21.7. The molecule has 0 aliphatic carbocycles. The molecule has 1 saturated heterocycles. The molecule has 1 amide bonds. The van der Waals surface area contributed by atoms with Crippen molar-refractivity contribution in [2.24, 2.45) is 5.73 Å². The number of alkyl halides is 3. The fourth-order valence-corrected chi connectivity index (χ4v) is 1.31. The second kappa shape index (κ2) is 6.43. The van der Waals surface area contributed by atoms with Gasteiger partial charge in [0.15, 0.2) is 0 Å². The van der Waals surface area contributed by atoms with E-state index >= 15 is 0 Å². The van der Waals surface area contributed by atoms with Gasteiger partial charge in [0.1, 0.15) is 0 Å². The van der Waals surface area contributed by atoms with Crippen LogP contribution in [0.1, 0.15) is 19.8 Å². The molecule has 1 aliphatic rings. The van der Waals surface area contributed by atoms with Crippen molar-refractivity contribution in [3.8, 4) is 0 Å². The number of halogens is 3. The fourth-order valence-electron chi connectivity index (χ4n) is 1.31. The Balaban J connectivity index is 0.000000325. The zero-order valence-corrected chi connectivity index (χ0v) is 9.33. The van der Waals surface area contributed by atoms with Gasteiger partial charge in [0.05, 0.1) is 6.04 Å². The number of carboxylic acid groups (broad SMARTS) is 1. The molecule has 0 bridgehead atoms. The Kier molecular flexibility index (Phi) is 5.94. The van der Waals surface area contributed by atoms with E-state index in [2.05, 4.69) is 4.90 Å². The Morgan fingerprint density at radius 3 is 1.88 bits per heavy atom. The van der Waals surface area contributed by atoms with Crippen molar-refractivity contribution in [1.29, 1.82) is 0 Å². The maximum atomic E-state index is 10.7. The van der Waals surface area contributed by atoms with E-state index < -0.39 is 12.1 Å². The molecule has 0 saturated carbocycles. The third-order valence-electron chi connectivity index (χ3n) is 2.34. The molecular weight excluding hydrogens is 241 g/mol. The number of carbonyl (C=O) groups is 2. The predicted molar refractivity (Wildman–Crippen MR) is 53.2 cm³/mol. The molecule has 3 N–H and O–H groups in total. The van der Waals surface area contributed by atoms with Gasteiger partial charge in [-0.2, -0.15) is 13.2 Å². The molecule has 5 nitrogen and oxygen atoms in total. The highest BCUT2D eigenvalue weighted by Gasteiger charge is 2.38. The lowest BCUT2D eigenvalue weighted by molar-refractivity contribution is -0.192. The van der Waals surface area contributed by atoms with Crippen LogP contribution in [0.5, 0.6) is 0 Å². The Morgan fingerprint density at radius 1 is 1.29 bits per heavy atom. The van der Waals surface area contributed by atoms with Crippen molar-refractivity contribution in [2.45, 2.75) is 32.0 Å². The number of aliphatic carboxylic acids is 1. The summed E-state index contributed by atoms with van der Waals surface area (Å²) in [6.45, 7) is 3.93. The number of primary amides is 1. The summed E-state index contributed by atoms with van der Waals surface area (Å²) >= 11 is 0. The zero-order valence-electron chi connectivity index (χ0n) is 9.33. The summed E-state index contributed by atoms with van der Waals surface area (Å²) < 4.78 is 31.7. The molecular formula is C9H15F3N2O3. The standard InChI is InChI=1S/C7H14N2O.C2HF3O2/c1-6(7(8)10)9-4-2-3-5-9;3-2(4,5)1(6)7/h6H,2-5H2,1H3,(H2,8,10);(H,6,7). The van der Waals surface area contributed by atoms with Crippen LogP contribution >= 0.6 is 0 Å². The van der Waals surface area contributed by atoms with Crippen LogP contribution in [0.3, 0.4) is 0 Å². The molecule has 1 atom stereocenters. The van der Waals surface area contributed by atoms with Crippen LogP contribution in [0.25, 0.3) is 0 Å². The molecule has 1 fully saturated rings. The van der Waals surface area contributed by atoms with Gasteiger partial charge in [-0.05, 0) is 32.9 Å². The highest BCUT2D eigenvalue weighted by atomic mass is 19.4. The largest absolute Gasteiger partial charge is 0.490 e. The maximum absolute atomic E-state index is 10.7. The van der Waals surface area contributed by atoms with Gasteiger partial charge >= 0.3 is 12.1 Å². The topological polar surface area (TPSA) is 83.6 Å². The summed E-state index contributed by atoms with van der Waals surface area (Å²) in [5, 5.41) is 7.12. The number of hydrogen-bond acceptors (Lipinski definition) is 3. The minimum Gasteiger partial charge on any atom is -0.475 e. The predicted octanol–water partition coefficient (Wildman–Crippen LogP) is 0.589. The van der Waals surface area contributed by atoms with Crippen molar-refractivity contribution in [2.75, 3.05) is 13.1 Å². The smallest absolute Gasteiger partial charge is 0.475 e. The third kappa shape index (κ3) is 6.10. The number of nitrogens with zero attached hydrogens (tertiary/aromatic N) is 1. The van der Waals surface area contributed by atoms with Crippen molar-refractivity contribution >= 4 is 11.9 Å². The minimum atomic E-state index is -5.08. The number of nitrogens with two attached hydrogens (primary N) is 1. The number of likely N-dealkylation sites (tertiary alicyclic amines) is 1. The molecule has 1 rings (SSSR count). The minimum absolute atomic E-state index is 0.0671. The van der Waals surface area contributed by atoms with Crippen molar-refractivity contribution < 1.29 is 27.9 Å². The first kappa shape index (κ1) is 15.7. The molecule has 0 spiro atoms. The highest BCUT2D eigenvalue weighted by Crippen LogP contribution is 2.13. The van der Waals surface area contributed by atoms with Gasteiger partial charge in [-0.15, -0.1) is 0 Å². The molecule has 1 heterocycles. The van der Waals surface area contributed by atoms with Crippen LogP contribution in [0.2, 0.25) is 0 Å². The van der Waals surface area contributed by atoms with Crippen LogP contribution in [0.15, 0.2) is 0 Å². The molecule has 0 aromatic carbocycles. The van der Waals surface area contributed by atoms with Gasteiger partial charge in [0, 0.05) is 0 Å². The number of rotatable bonds is 2. The van der Waals surface area contributed by atoms with Crippen LogP contribution in [0.4, 0.5) is 13.2 Å². The number of carbonyl (C=O) groups excluding carboxylic acids is 1. The van der Waals surface area contributed by atoms with Gasteiger partial charge in [-0.1, -0.05) is 0 Å². The Hall–Kier alpha value is -1.31. The fraction of sp³-hybridized carbons (Fsp3) is 0.778. The Morgan fingerprint density at radius 2 is 1.65 bits per heavy atom. The summed E-state index contributed by atoms with van der Waals surface area (Å²) in [5.74, 6) is -2.96. The van der Waals surface area contributed by atoms with E-state index in [4.69, 9.17) is 15.6 Å². The molecule has 0 radical (unpaired) electrons. The first-order valence-corrected chi connectivity index (χ1v) is 4.99. The van der Waals surface area contributed by atoms with Crippen LogP contribution in [-0.2, 0) is 9.59 Å². The van der Waals surface area contributed by atoms with E-state index in [1.165, 1.54) is 12.8 Å². The van der Waals surface area contributed by atoms with Crippen molar-refractivity contribution in [1.82, 2.24) is 4.90 Å². The first-order valence-electron chi connectivity index (χ1n) is 4.99. The van der Waals surface area contributed by atoms with E-state index in [1.54, 1.807) is 0 Å². The van der Waals surface area contributed by atoms with Gasteiger partial charge in [0.2, 0.25) is 5.91 Å². The summed E-state index contributed by atoms with van der Waals surface area (Å²) in [6.07, 6.45) is -2.67. The Bertz CT molecular complexity index is 275. The van der Waals surface area contributed by atoms with E-state index in [0.717, 1.165) is 13.1 Å². The van der Waals surface area contributed by atoms with Gasteiger partial charge in [-0.3, -0.25) is 9.69 Å². The molecule has 100 valence electrons. The van der Waals surface area contributed by atoms with Crippen LogP contribution < -0.4 is 5.73 Å². The van der Waals surface area contributed by atoms with E-state index in [-0.39, 0.29) is 11.9 Å². The first-order chi connectivity index (χ1) is 7.66. The molecule has 0 aromatic rings. The van der Waals surface area contributed by atoms with Crippen LogP contribution in [-0.4, -0.2) is 47.2 Å².